The van der Waals surface area contributed by atoms with Gasteiger partial charge in [-0.05, 0) is 44.7 Å². The first-order chi connectivity index (χ1) is 10.0. The van der Waals surface area contributed by atoms with Gasteiger partial charge < -0.3 is 10.0 Å². The van der Waals surface area contributed by atoms with Crippen LogP contribution in [0.3, 0.4) is 0 Å². The summed E-state index contributed by atoms with van der Waals surface area (Å²) in [4.78, 5) is 15.5. The van der Waals surface area contributed by atoms with Gasteiger partial charge in [-0.2, -0.15) is 0 Å². The van der Waals surface area contributed by atoms with Crippen LogP contribution in [0.2, 0.25) is 0 Å². The van der Waals surface area contributed by atoms with Crippen molar-refractivity contribution in [3.63, 3.8) is 0 Å². The van der Waals surface area contributed by atoms with E-state index in [1.54, 1.807) is 11.3 Å². The molecule has 0 aliphatic heterocycles. The summed E-state index contributed by atoms with van der Waals surface area (Å²) in [5.41, 5.74) is -0.533. The minimum atomic E-state index is -0.598. The van der Waals surface area contributed by atoms with Crippen molar-refractivity contribution < 1.29 is 9.90 Å². The predicted molar refractivity (Wildman–Crippen MR) is 87.9 cm³/mol. The molecule has 1 N–H and O–H groups in total. The highest BCUT2D eigenvalue weighted by Crippen LogP contribution is 2.36. The van der Waals surface area contributed by atoms with Crippen LogP contribution in [-0.4, -0.2) is 35.6 Å². The van der Waals surface area contributed by atoms with E-state index in [4.69, 9.17) is 0 Å². The highest BCUT2D eigenvalue weighted by atomic mass is 32.1. The van der Waals surface area contributed by atoms with Crippen molar-refractivity contribution in [2.75, 3.05) is 13.6 Å². The van der Waals surface area contributed by atoms with Crippen LogP contribution in [0.4, 0.5) is 0 Å². The minimum Gasteiger partial charge on any atom is -0.481 e. The Hall–Kier alpha value is -0.870. The summed E-state index contributed by atoms with van der Waals surface area (Å²) in [6.45, 7) is 2.88. The lowest BCUT2D eigenvalue weighted by Crippen LogP contribution is -2.45. The SMILES string of the molecule is CC(Cc1cccs1)N(C)CC1(C(=O)O)CCCCCC1. The van der Waals surface area contributed by atoms with Crippen molar-refractivity contribution >= 4 is 17.3 Å². The van der Waals surface area contributed by atoms with Gasteiger partial charge >= 0.3 is 5.97 Å². The molecule has 1 saturated carbocycles. The van der Waals surface area contributed by atoms with Gasteiger partial charge in [0.05, 0.1) is 5.41 Å². The summed E-state index contributed by atoms with van der Waals surface area (Å²) >= 11 is 1.78. The first-order valence-electron chi connectivity index (χ1n) is 7.99. The largest absolute Gasteiger partial charge is 0.481 e. The first-order valence-corrected chi connectivity index (χ1v) is 8.87. The number of carboxylic acid groups (broad SMARTS) is 1. The summed E-state index contributed by atoms with van der Waals surface area (Å²) in [7, 11) is 2.08. The molecule has 4 heteroatoms. The molecule has 118 valence electrons. The van der Waals surface area contributed by atoms with Crippen molar-refractivity contribution in [2.24, 2.45) is 5.41 Å². The normalized spacial score (nSPS) is 20.1. The molecular weight excluding hydrogens is 282 g/mol. The van der Waals surface area contributed by atoms with Gasteiger partial charge in [-0.3, -0.25) is 4.79 Å². The lowest BCUT2D eigenvalue weighted by molar-refractivity contribution is -0.151. The van der Waals surface area contributed by atoms with Crippen molar-refractivity contribution in [1.82, 2.24) is 4.90 Å². The van der Waals surface area contributed by atoms with Crippen LogP contribution in [0, 0.1) is 5.41 Å². The fourth-order valence-corrected chi connectivity index (χ4v) is 4.18. The number of likely N-dealkylation sites (N-methyl/N-ethyl adjacent to an activating group) is 1. The lowest BCUT2D eigenvalue weighted by atomic mass is 9.79. The Labute approximate surface area is 132 Å². The van der Waals surface area contributed by atoms with Gasteiger partial charge in [-0.15, -0.1) is 11.3 Å². The number of hydrogen-bond donors (Lipinski definition) is 1. The van der Waals surface area contributed by atoms with Crippen LogP contribution in [0.1, 0.15) is 50.3 Å². The third-order valence-electron chi connectivity index (χ3n) is 4.90. The molecule has 0 saturated heterocycles. The van der Waals surface area contributed by atoms with Crippen LogP contribution in [0.15, 0.2) is 17.5 Å². The van der Waals surface area contributed by atoms with Crippen molar-refractivity contribution in [2.45, 2.75) is 57.9 Å². The van der Waals surface area contributed by atoms with E-state index in [9.17, 15) is 9.90 Å². The van der Waals surface area contributed by atoms with Gasteiger partial charge in [0, 0.05) is 17.5 Å². The zero-order valence-electron chi connectivity index (χ0n) is 13.2. The molecule has 0 radical (unpaired) electrons. The van der Waals surface area contributed by atoms with Crippen LogP contribution in [-0.2, 0) is 11.2 Å². The van der Waals surface area contributed by atoms with Gasteiger partial charge in [0.1, 0.15) is 0 Å². The summed E-state index contributed by atoms with van der Waals surface area (Å²) in [5.74, 6) is -0.598. The summed E-state index contributed by atoms with van der Waals surface area (Å²) < 4.78 is 0. The number of thiophene rings is 1. The summed E-state index contributed by atoms with van der Waals surface area (Å²) in [6, 6.07) is 4.62. The van der Waals surface area contributed by atoms with E-state index in [1.165, 1.54) is 17.7 Å². The topological polar surface area (TPSA) is 40.5 Å². The Morgan fingerprint density at radius 1 is 1.38 bits per heavy atom. The second-order valence-corrected chi connectivity index (χ2v) is 7.58. The Kier molecular flexibility index (Phi) is 5.82. The molecule has 0 aromatic carbocycles. The molecule has 1 aromatic rings. The predicted octanol–water partition coefficient (Wildman–Crippen LogP) is 4.04. The molecule has 0 amide bonds. The quantitative estimate of drug-likeness (QED) is 0.806. The third kappa shape index (κ3) is 4.30. The molecule has 1 fully saturated rings. The van der Waals surface area contributed by atoms with Gasteiger partial charge in [0.25, 0.3) is 0 Å². The Morgan fingerprint density at radius 3 is 2.57 bits per heavy atom. The van der Waals surface area contributed by atoms with Crippen LogP contribution in [0.25, 0.3) is 0 Å². The molecule has 3 nitrogen and oxygen atoms in total. The zero-order chi connectivity index (χ0) is 15.3. The number of rotatable bonds is 6. The molecule has 1 aliphatic carbocycles. The highest BCUT2D eigenvalue weighted by Gasteiger charge is 2.40. The van der Waals surface area contributed by atoms with Crippen LogP contribution in [0.5, 0.6) is 0 Å². The lowest BCUT2D eigenvalue weighted by Gasteiger charge is -2.35. The molecule has 1 aromatic heterocycles. The Bertz CT molecular complexity index is 436. The molecule has 2 rings (SSSR count). The van der Waals surface area contributed by atoms with E-state index in [0.717, 1.165) is 32.1 Å². The van der Waals surface area contributed by atoms with Crippen molar-refractivity contribution in [3.05, 3.63) is 22.4 Å². The monoisotopic (exact) mass is 309 g/mol. The van der Waals surface area contributed by atoms with E-state index in [-0.39, 0.29) is 0 Å². The average Bonchev–Trinajstić information content (AvgIpc) is 2.83. The Morgan fingerprint density at radius 2 is 2.05 bits per heavy atom. The van der Waals surface area contributed by atoms with E-state index < -0.39 is 11.4 Å². The van der Waals surface area contributed by atoms with Crippen molar-refractivity contribution in [3.8, 4) is 0 Å². The minimum absolute atomic E-state index is 0.378. The molecule has 0 bridgehead atoms. The first kappa shape index (κ1) is 16.5. The zero-order valence-corrected chi connectivity index (χ0v) is 14.0. The van der Waals surface area contributed by atoms with Crippen LogP contribution < -0.4 is 0 Å². The maximum atomic E-state index is 11.9. The highest BCUT2D eigenvalue weighted by molar-refractivity contribution is 7.09. The number of carbonyl (C=O) groups is 1. The second-order valence-electron chi connectivity index (χ2n) is 6.55. The molecule has 0 spiro atoms. The smallest absolute Gasteiger partial charge is 0.310 e. The summed E-state index contributed by atoms with van der Waals surface area (Å²) in [6.07, 6.45) is 7.15. The number of carboxylic acids is 1. The Balaban J connectivity index is 2.00. The fraction of sp³-hybridized carbons (Fsp3) is 0.706. The standard InChI is InChI=1S/C17H27NO2S/c1-14(12-15-8-7-11-21-15)18(2)13-17(16(19)20)9-5-3-4-6-10-17/h7-8,11,14H,3-6,9-10,12-13H2,1-2H3,(H,19,20). The molecule has 21 heavy (non-hydrogen) atoms. The number of nitrogens with zero attached hydrogens (tertiary/aromatic N) is 1. The van der Waals surface area contributed by atoms with E-state index in [2.05, 4.69) is 36.4 Å². The van der Waals surface area contributed by atoms with Gasteiger partial charge in [-0.25, -0.2) is 0 Å². The van der Waals surface area contributed by atoms with Gasteiger partial charge in [0.2, 0.25) is 0 Å². The third-order valence-corrected chi connectivity index (χ3v) is 5.79. The van der Waals surface area contributed by atoms with Gasteiger partial charge in [-0.1, -0.05) is 31.7 Å². The van der Waals surface area contributed by atoms with Gasteiger partial charge in [0.15, 0.2) is 0 Å². The van der Waals surface area contributed by atoms with E-state index >= 15 is 0 Å². The number of aliphatic carboxylic acids is 1. The maximum Gasteiger partial charge on any atom is 0.310 e. The maximum absolute atomic E-state index is 11.9. The molecular formula is C17H27NO2S. The second kappa shape index (κ2) is 7.41. The molecule has 1 atom stereocenters. The van der Waals surface area contributed by atoms with E-state index in [1.807, 2.05) is 0 Å². The average molecular weight is 309 g/mol. The van der Waals surface area contributed by atoms with E-state index in [0.29, 0.717) is 12.6 Å². The molecule has 1 heterocycles. The van der Waals surface area contributed by atoms with Crippen molar-refractivity contribution in [1.29, 1.82) is 0 Å². The molecule has 1 unspecified atom stereocenters. The summed E-state index contributed by atoms with van der Waals surface area (Å²) in [5, 5.41) is 11.9. The number of hydrogen-bond acceptors (Lipinski definition) is 3. The molecule has 1 aliphatic rings. The fourth-order valence-electron chi connectivity index (χ4n) is 3.35. The van der Waals surface area contributed by atoms with Crippen LogP contribution >= 0.6 is 11.3 Å².